The van der Waals surface area contributed by atoms with Crippen molar-refractivity contribution < 1.29 is 0 Å². The van der Waals surface area contributed by atoms with Gasteiger partial charge in [-0.2, -0.15) is 0 Å². The van der Waals surface area contributed by atoms with Gasteiger partial charge in [0.25, 0.3) is 0 Å². The van der Waals surface area contributed by atoms with Gasteiger partial charge in [-0.15, -0.1) is 11.3 Å². The Labute approximate surface area is 104 Å². The van der Waals surface area contributed by atoms with Gasteiger partial charge < -0.3 is 10.2 Å². The fourth-order valence-corrected chi connectivity index (χ4v) is 3.50. The first-order valence-electron chi connectivity index (χ1n) is 5.35. The molecule has 0 saturated carbocycles. The first-order valence-corrected chi connectivity index (χ1v) is 6.96. The van der Waals surface area contributed by atoms with Crippen molar-refractivity contribution in [3.8, 4) is 0 Å². The molecule has 1 N–H and O–H groups in total. The van der Waals surface area contributed by atoms with E-state index in [0.29, 0.717) is 12.1 Å². The quantitative estimate of drug-likeness (QED) is 0.920. The van der Waals surface area contributed by atoms with E-state index in [4.69, 9.17) is 0 Å². The lowest BCUT2D eigenvalue weighted by Crippen LogP contribution is -2.33. The third-order valence-corrected chi connectivity index (χ3v) is 4.70. The summed E-state index contributed by atoms with van der Waals surface area (Å²) in [5.74, 6) is 0. The fraction of sp³-hybridized carbons (Fsp3) is 0.636. The number of thiophene rings is 1. The maximum Gasteiger partial charge on any atom is 0.0701 e. The number of rotatable bonds is 3. The van der Waals surface area contributed by atoms with Crippen molar-refractivity contribution in [2.24, 2.45) is 0 Å². The van der Waals surface area contributed by atoms with E-state index in [-0.39, 0.29) is 0 Å². The van der Waals surface area contributed by atoms with Gasteiger partial charge in [-0.1, -0.05) is 0 Å². The number of halogens is 1. The van der Waals surface area contributed by atoms with Crippen molar-refractivity contribution in [3.05, 3.63) is 20.8 Å². The maximum absolute atomic E-state index is 3.69. The van der Waals surface area contributed by atoms with E-state index in [1.165, 1.54) is 28.2 Å². The normalized spacial score (nSPS) is 24.6. The van der Waals surface area contributed by atoms with E-state index < -0.39 is 0 Å². The SMILES string of the molecule is CC(NC1CCN(C)C1)c1ccc(Br)s1. The van der Waals surface area contributed by atoms with Gasteiger partial charge in [0.05, 0.1) is 3.79 Å². The highest BCUT2D eigenvalue weighted by molar-refractivity contribution is 9.11. The number of nitrogens with zero attached hydrogens (tertiary/aromatic N) is 1. The lowest BCUT2D eigenvalue weighted by Gasteiger charge is -2.18. The molecule has 0 aromatic carbocycles. The summed E-state index contributed by atoms with van der Waals surface area (Å²) >= 11 is 5.33. The van der Waals surface area contributed by atoms with Crippen LogP contribution in [-0.4, -0.2) is 31.1 Å². The van der Waals surface area contributed by atoms with Crippen LogP contribution in [0.2, 0.25) is 0 Å². The molecule has 15 heavy (non-hydrogen) atoms. The van der Waals surface area contributed by atoms with Crippen LogP contribution in [0.5, 0.6) is 0 Å². The molecule has 1 aliphatic rings. The fourth-order valence-electron chi connectivity index (χ4n) is 2.07. The molecule has 0 spiro atoms. The molecule has 2 heterocycles. The number of likely N-dealkylation sites (N-methyl/N-ethyl adjacent to an activating group) is 1. The summed E-state index contributed by atoms with van der Waals surface area (Å²) in [5, 5.41) is 3.69. The third-order valence-electron chi connectivity index (χ3n) is 2.90. The Morgan fingerprint density at radius 2 is 2.40 bits per heavy atom. The molecule has 1 saturated heterocycles. The minimum absolute atomic E-state index is 0.470. The summed E-state index contributed by atoms with van der Waals surface area (Å²) in [6.07, 6.45) is 1.27. The minimum atomic E-state index is 0.470. The van der Waals surface area contributed by atoms with Crippen LogP contribution in [0.25, 0.3) is 0 Å². The van der Waals surface area contributed by atoms with Crippen LogP contribution in [-0.2, 0) is 0 Å². The van der Waals surface area contributed by atoms with Crippen molar-refractivity contribution in [3.63, 3.8) is 0 Å². The number of hydrogen-bond acceptors (Lipinski definition) is 3. The molecule has 0 aliphatic carbocycles. The average Bonchev–Trinajstić information content (AvgIpc) is 2.75. The molecule has 2 nitrogen and oxygen atoms in total. The Morgan fingerprint density at radius 1 is 1.60 bits per heavy atom. The second-order valence-electron chi connectivity index (χ2n) is 4.28. The average molecular weight is 289 g/mol. The van der Waals surface area contributed by atoms with Crippen LogP contribution in [0.4, 0.5) is 0 Å². The Kier molecular flexibility index (Phi) is 3.83. The van der Waals surface area contributed by atoms with Gasteiger partial charge >= 0.3 is 0 Å². The van der Waals surface area contributed by atoms with E-state index in [2.05, 4.69) is 52.3 Å². The highest BCUT2D eigenvalue weighted by atomic mass is 79.9. The number of likely N-dealkylation sites (tertiary alicyclic amines) is 1. The molecule has 1 fully saturated rings. The maximum atomic E-state index is 3.69. The zero-order valence-electron chi connectivity index (χ0n) is 9.16. The molecule has 2 unspecified atom stereocenters. The van der Waals surface area contributed by atoms with Crippen molar-refractivity contribution in [2.75, 3.05) is 20.1 Å². The second kappa shape index (κ2) is 4.95. The molecule has 0 bridgehead atoms. The van der Waals surface area contributed by atoms with Crippen LogP contribution < -0.4 is 5.32 Å². The second-order valence-corrected chi connectivity index (χ2v) is 6.77. The molecule has 0 amide bonds. The lowest BCUT2D eigenvalue weighted by atomic mass is 10.2. The van der Waals surface area contributed by atoms with E-state index in [0.717, 1.165) is 0 Å². The van der Waals surface area contributed by atoms with Crippen LogP contribution in [0.15, 0.2) is 15.9 Å². The standard InChI is InChI=1S/C11H17BrN2S/c1-8(10-3-4-11(12)15-10)13-9-5-6-14(2)7-9/h3-4,8-9,13H,5-7H2,1-2H3. The predicted molar refractivity (Wildman–Crippen MR) is 69.5 cm³/mol. The first-order chi connectivity index (χ1) is 7.15. The van der Waals surface area contributed by atoms with Crippen molar-refractivity contribution in [1.29, 1.82) is 0 Å². The van der Waals surface area contributed by atoms with Crippen LogP contribution in [0.3, 0.4) is 0 Å². The molecule has 2 rings (SSSR count). The van der Waals surface area contributed by atoms with Gasteiger partial charge in [-0.05, 0) is 55.0 Å². The van der Waals surface area contributed by atoms with Gasteiger partial charge in [-0.25, -0.2) is 0 Å². The molecule has 2 atom stereocenters. The summed E-state index contributed by atoms with van der Waals surface area (Å²) in [5.41, 5.74) is 0. The molecule has 1 aromatic heterocycles. The van der Waals surface area contributed by atoms with E-state index in [1.807, 2.05) is 11.3 Å². The third kappa shape index (κ3) is 3.03. The van der Waals surface area contributed by atoms with E-state index in [1.54, 1.807) is 0 Å². The Morgan fingerprint density at radius 3 is 2.93 bits per heavy atom. The number of hydrogen-bond donors (Lipinski definition) is 1. The van der Waals surface area contributed by atoms with Gasteiger partial charge in [0.15, 0.2) is 0 Å². The lowest BCUT2D eigenvalue weighted by molar-refractivity contribution is 0.388. The highest BCUT2D eigenvalue weighted by Gasteiger charge is 2.21. The Hall–Kier alpha value is 0.1000. The van der Waals surface area contributed by atoms with Crippen molar-refractivity contribution in [1.82, 2.24) is 10.2 Å². The van der Waals surface area contributed by atoms with Crippen molar-refractivity contribution in [2.45, 2.75) is 25.4 Å². The zero-order chi connectivity index (χ0) is 10.8. The molecular formula is C11H17BrN2S. The zero-order valence-corrected chi connectivity index (χ0v) is 11.6. The van der Waals surface area contributed by atoms with Gasteiger partial charge in [0, 0.05) is 23.5 Å². The van der Waals surface area contributed by atoms with Crippen LogP contribution >= 0.6 is 27.3 Å². The van der Waals surface area contributed by atoms with Gasteiger partial charge in [-0.3, -0.25) is 0 Å². The largest absolute Gasteiger partial charge is 0.305 e. The summed E-state index contributed by atoms with van der Waals surface area (Å²) < 4.78 is 1.22. The van der Waals surface area contributed by atoms with Crippen LogP contribution in [0, 0.1) is 0 Å². The summed E-state index contributed by atoms with van der Waals surface area (Å²) in [6, 6.07) is 5.45. The van der Waals surface area contributed by atoms with Crippen molar-refractivity contribution >= 4 is 27.3 Å². The van der Waals surface area contributed by atoms with E-state index >= 15 is 0 Å². The molecular weight excluding hydrogens is 272 g/mol. The topological polar surface area (TPSA) is 15.3 Å². The number of nitrogens with one attached hydrogen (secondary N) is 1. The smallest absolute Gasteiger partial charge is 0.0701 e. The Bertz CT molecular complexity index is 326. The van der Waals surface area contributed by atoms with Crippen LogP contribution in [0.1, 0.15) is 24.3 Å². The molecule has 1 aromatic rings. The summed E-state index contributed by atoms with van der Waals surface area (Å²) in [4.78, 5) is 3.80. The van der Waals surface area contributed by atoms with Gasteiger partial charge in [0.1, 0.15) is 0 Å². The summed E-state index contributed by atoms with van der Waals surface area (Å²) in [6.45, 7) is 4.64. The summed E-state index contributed by atoms with van der Waals surface area (Å²) in [7, 11) is 2.19. The Balaban J connectivity index is 1.89. The predicted octanol–water partition coefficient (Wildman–Crippen LogP) is 2.87. The monoisotopic (exact) mass is 288 g/mol. The molecule has 84 valence electrons. The minimum Gasteiger partial charge on any atom is -0.305 e. The molecule has 4 heteroatoms. The molecule has 1 aliphatic heterocycles. The first kappa shape index (κ1) is 11.6. The van der Waals surface area contributed by atoms with Gasteiger partial charge in [0.2, 0.25) is 0 Å². The molecule has 0 radical (unpaired) electrons. The van der Waals surface area contributed by atoms with E-state index in [9.17, 15) is 0 Å². The highest BCUT2D eigenvalue weighted by Crippen LogP contribution is 2.27.